The van der Waals surface area contributed by atoms with Crippen LogP contribution in [0.3, 0.4) is 0 Å². The molecule has 1 aromatic rings. The summed E-state index contributed by atoms with van der Waals surface area (Å²) in [6.45, 7) is 4.27. The number of nitrogens with zero attached hydrogens (tertiary/aromatic N) is 1. The summed E-state index contributed by atoms with van der Waals surface area (Å²) in [4.78, 5) is 7.06. The molecule has 3 heteroatoms. The van der Waals surface area contributed by atoms with Crippen molar-refractivity contribution in [2.24, 2.45) is 0 Å². The first-order chi connectivity index (χ1) is 6.08. The smallest absolute Gasteiger partial charge is 0.121 e. The van der Waals surface area contributed by atoms with Crippen LogP contribution in [-0.2, 0) is 10.4 Å². The molecule has 0 aliphatic rings. The van der Waals surface area contributed by atoms with Gasteiger partial charge in [-0.2, -0.15) is 5.06 Å². The van der Waals surface area contributed by atoms with Crippen molar-refractivity contribution >= 4 is 11.3 Å². The second kappa shape index (κ2) is 4.22. The maximum absolute atomic E-state index is 5.78. The van der Waals surface area contributed by atoms with Crippen LogP contribution in [-0.4, -0.2) is 19.2 Å². The van der Waals surface area contributed by atoms with E-state index in [0.717, 1.165) is 6.42 Å². The van der Waals surface area contributed by atoms with Crippen LogP contribution in [0.2, 0.25) is 0 Å². The van der Waals surface area contributed by atoms with Crippen molar-refractivity contribution in [3.05, 3.63) is 22.4 Å². The summed E-state index contributed by atoms with van der Waals surface area (Å²) in [7, 11) is 3.84. The molecule has 0 amide bonds. The second-order valence-corrected chi connectivity index (χ2v) is 4.41. The third-order valence-electron chi connectivity index (χ3n) is 2.10. The molecule has 0 bridgehead atoms. The average Bonchev–Trinajstić information content (AvgIpc) is 2.55. The van der Waals surface area contributed by atoms with Crippen molar-refractivity contribution < 1.29 is 4.84 Å². The Hall–Kier alpha value is -0.380. The van der Waals surface area contributed by atoms with E-state index in [9.17, 15) is 0 Å². The number of hydrogen-bond donors (Lipinski definition) is 0. The lowest BCUT2D eigenvalue weighted by Crippen LogP contribution is -2.30. The molecule has 0 N–H and O–H groups in total. The molecular weight excluding hydrogens is 182 g/mol. The van der Waals surface area contributed by atoms with E-state index in [-0.39, 0.29) is 5.60 Å². The Balaban J connectivity index is 2.81. The van der Waals surface area contributed by atoms with Gasteiger partial charge in [-0.05, 0) is 24.8 Å². The first-order valence-corrected chi connectivity index (χ1v) is 5.37. The van der Waals surface area contributed by atoms with Gasteiger partial charge >= 0.3 is 0 Å². The lowest BCUT2D eigenvalue weighted by molar-refractivity contribution is -0.219. The fraction of sp³-hybridized carbons (Fsp3) is 0.600. The zero-order valence-electron chi connectivity index (χ0n) is 8.70. The molecule has 0 spiro atoms. The summed E-state index contributed by atoms with van der Waals surface area (Å²) in [5.41, 5.74) is -0.169. The highest BCUT2D eigenvalue weighted by molar-refractivity contribution is 7.10. The van der Waals surface area contributed by atoms with Crippen molar-refractivity contribution in [3.8, 4) is 0 Å². The van der Waals surface area contributed by atoms with Crippen LogP contribution in [0.15, 0.2) is 17.5 Å². The van der Waals surface area contributed by atoms with Gasteiger partial charge in [0, 0.05) is 19.0 Å². The predicted octanol–water partition coefficient (Wildman–Crippen LogP) is 2.87. The highest BCUT2D eigenvalue weighted by atomic mass is 32.1. The van der Waals surface area contributed by atoms with E-state index in [0.29, 0.717) is 0 Å². The van der Waals surface area contributed by atoms with E-state index in [1.54, 1.807) is 16.4 Å². The van der Waals surface area contributed by atoms with Crippen molar-refractivity contribution in [3.63, 3.8) is 0 Å². The minimum absolute atomic E-state index is 0.169. The molecule has 0 radical (unpaired) electrons. The molecule has 1 unspecified atom stereocenters. The zero-order valence-corrected chi connectivity index (χ0v) is 9.52. The molecule has 0 aromatic carbocycles. The molecule has 0 fully saturated rings. The first kappa shape index (κ1) is 10.7. The topological polar surface area (TPSA) is 12.5 Å². The molecule has 0 aliphatic carbocycles. The minimum atomic E-state index is -0.169. The van der Waals surface area contributed by atoms with E-state index in [2.05, 4.69) is 31.4 Å². The number of hydroxylamine groups is 2. The maximum atomic E-state index is 5.78. The Kier molecular flexibility index (Phi) is 3.47. The van der Waals surface area contributed by atoms with Crippen LogP contribution in [0.4, 0.5) is 0 Å². The van der Waals surface area contributed by atoms with Gasteiger partial charge in [0.15, 0.2) is 0 Å². The van der Waals surface area contributed by atoms with Crippen LogP contribution in [0, 0.1) is 0 Å². The third kappa shape index (κ3) is 2.53. The van der Waals surface area contributed by atoms with Crippen LogP contribution in [0.25, 0.3) is 0 Å². The summed E-state index contributed by atoms with van der Waals surface area (Å²) in [5, 5.41) is 3.85. The van der Waals surface area contributed by atoms with Gasteiger partial charge in [0.05, 0.1) is 0 Å². The van der Waals surface area contributed by atoms with Gasteiger partial charge < -0.3 is 0 Å². The van der Waals surface area contributed by atoms with Crippen LogP contribution in [0.1, 0.15) is 25.1 Å². The van der Waals surface area contributed by atoms with Gasteiger partial charge in [-0.1, -0.05) is 13.0 Å². The third-order valence-corrected chi connectivity index (χ3v) is 3.22. The molecule has 1 atom stereocenters. The minimum Gasteiger partial charge on any atom is -0.288 e. The summed E-state index contributed by atoms with van der Waals surface area (Å²) in [5.74, 6) is 0. The molecule has 0 saturated heterocycles. The highest BCUT2D eigenvalue weighted by Gasteiger charge is 2.27. The Morgan fingerprint density at radius 2 is 2.23 bits per heavy atom. The summed E-state index contributed by atoms with van der Waals surface area (Å²) < 4.78 is 0. The first-order valence-electron chi connectivity index (χ1n) is 4.49. The van der Waals surface area contributed by atoms with Gasteiger partial charge in [0.1, 0.15) is 5.60 Å². The average molecular weight is 199 g/mol. The molecule has 2 nitrogen and oxygen atoms in total. The van der Waals surface area contributed by atoms with E-state index in [4.69, 9.17) is 4.84 Å². The predicted molar refractivity (Wildman–Crippen MR) is 56.7 cm³/mol. The van der Waals surface area contributed by atoms with Crippen LogP contribution < -0.4 is 0 Å². The molecule has 1 aromatic heterocycles. The number of hydrogen-bond acceptors (Lipinski definition) is 3. The Morgan fingerprint density at radius 1 is 1.54 bits per heavy atom. The number of rotatable bonds is 4. The van der Waals surface area contributed by atoms with Crippen molar-refractivity contribution in [2.45, 2.75) is 25.9 Å². The summed E-state index contributed by atoms with van der Waals surface area (Å²) in [6, 6.07) is 4.19. The van der Waals surface area contributed by atoms with E-state index in [1.807, 2.05) is 14.1 Å². The maximum Gasteiger partial charge on any atom is 0.121 e. The van der Waals surface area contributed by atoms with Crippen molar-refractivity contribution in [1.29, 1.82) is 0 Å². The summed E-state index contributed by atoms with van der Waals surface area (Å²) >= 11 is 1.74. The molecule has 1 rings (SSSR count). The van der Waals surface area contributed by atoms with Gasteiger partial charge in [-0.3, -0.25) is 4.84 Å². The van der Waals surface area contributed by atoms with Gasteiger partial charge in [-0.25, -0.2) is 0 Å². The highest BCUT2D eigenvalue weighted by Crippen LogP contribution is 2.32. The lowest BCUT2D eigenvalue weighted by atomic mass is 10.0. The van der Waals surface area contributed by atoms with Crippen LogP contribution in [0.5, 0.6) is 0 Å². The molecule has 0 saturated carbocycles. The fourth-order valence-corrected chi connectivity index (χ4v) is 2.16. The molecule has 74 valence electrons. The standard InChI is InChI=1S/C10H17NOS/c1-5-10(2,12-11(3)4)9-7-6-8-13-9/h6-8H,5H2,1-4H3. The number of thiophene rings is 1. The van der Waals surface area contributed by atoms with Crippen molar-refractivity contribution in [2.75, 3.05) is 14.1 Å². The Labute approximate surface area is 84.1 Å². The normalized spacial score (nSPS) is 16.1. The van der Waals surface area contributed by atoms with Gasteiger partial charge in [0.25, 0.3) is 0 Å². The molecule has 13 heavy (non-hydrogen) atoms. The fourth-order valence-electron chi connectivity index (χ4n) is 1.27. The summed E-state index contributed by atoms with van der Waals surface area (Å²) in [6.07, 6.45) is 0.978. The van der Waals surface area contributed by atoms with Crippen LogP contribution >= 0.6 is 11.3 Å². The molecular formula is C10H17NOS. The van der Waals surface area contributed by atoms with Gasteiger partial charge in [0.2, 0.25) is 0 Å². The second-order valence-electron chi connectivity index (χ2n) is 3.47. The Bertz CT molecular complexity index is 245. The SMILES string of the molecule is CCC(C)(ON(C)C)c1cccs1. The largest absolute Gasteiger partial charge is 0.288 e. The van der Waals surface area contributed by atoms with E-state index < -0.39 is 0 Å². The quantitative estimate of drug-likeness (QED) is 0.691. The Morgan fingerprint density at radius 3 is 2.62 bits per heavy atom. The van der Waals surface area contributed by atoms with Gasteiger partial charge in [-0.15, -0.1) is 11.3 Å². The van der Waals surface area contributed by atoms with E-state index >= 15 is 0 Å². The zero-order chi connectivity index (χ0) is 9.90. The molecule has 0 aliphatic heterocycles. The monoisotopic (exact) mass is 199 g/mol. The molecule has 1 heterocycles. The van der Waals surface area contributed by atoms with E-state index in [1.165, 1.54) is 4.88 Å². The van der Waals surface area contributed by atoms with Crippen molar-refractivity contribution in [1.82, 2.24) is 5.06 Å². The lowest BCUT2D eigenvalue weighted by Gasteiger charge is -2.30.